The van der Waals surface area contributed by atoms with Gasteiger partial charge < -0.3 is 10.4 Å². The summed E-state index contributed by atoms with van der Waals surface area (Å²) in [5, 5.41) is 13.0. The summed E-state index contributed by atoms with van der Waals surface area (Å²) in [5.41, 5.74) is -0.251. The predicted molar refractivity (Wildman–Crippen MR) is 74.3 cm³/mol. The van der Waals surface area contributed by atoms with E-state index in [4.69, 9.17) is 0 Å². The van der Waals surface area contributed by atoms with E-state index < -0.39 is 17.7 Å². The van der Waals surface area contributed by atoms with Crippen molar-refractivity contribution in [3.63, 3.8) is 0 Å². The molecule has 2 N–H and O–H groups in total. The lowest BCUT2D eigenvalue weighted by atomic mass is 10.0. The summed E-state index contributed by atoms with van der Waals surface area (Å²) >= 11 is 1.91. The molecular weight excluding hydrogens is 268 g/mol. The Hall–Kier alpha value is -0.650. The quantitative estimate of drug-likeness (QED) is 0.873. The van der Waals surface area contributed by atoms with Crippen molar-refractivity contribution in [1.82, 2.24) is 5.32 Å². The molecule has 2 rings (SSSR count). The fourth-order valence-electron chi connectivity index (χ4n) is 2.38. The van der Waals surface area contributed by atoms with E-state index in [1.807, 2.05) is 11.8 Å². The standard InChI is InChI=1S/C14H19F2NOS/c1-14(6-3-7-19-14)9-17-8-12(18)13-10(15)4-2-5-11(13)16/h2,4-5,12,17-18H,3,6-9H2,1H3. The maximum absolute atomic E-state index is 13.5. The molecule has 2 atom stereocenters. The molecule has 0 bridgehead atoms. The van der Waals surface area contributed by atoms with Crippen molar-refractivity contribution in [2.45, 2.75) is 30.6 Å². The van der Waals surface area contributed by atoms with Gasteiger partial charge in [-0.1, -0.05) is 6.07 Å². The van der Waals surface area contributed by atoms with Crippen molar-refractivity contribution in [3.05, 3.63) is 35.4 Å². The van der Waals surface area contributed by atoms with Gasteiger partial charge in [-0.2, -0.15) is 11.8 Å². The van der Waals surface area contributed by atoms with Crippen molar-refractivity contribution in [3.8, 4) is 0 Å². The van der Waals surface area contributed by atoms with Crippen molar-refractivity contribution in [2.75, 3.05) is 18.8 Å². The molecule has 0 spiro atoms. The van der Waals surface area contributed by atoms with Gasteiger partial charge in [-0.05, 0) is 37.7 Å². The summed E-state index contributed by atoms with van der Waals surface area (Å²) in [6, 6.07) is 3.62. The molecule has 2 nitrogen and oxygen atoms in total. The number of benzene rings is 1. The highest BCUT2D eigenvalue weighted by Crippen LogP contribution is 2.37. The summed E-state index contributed by atoms with van der Waals surface area (Å²) in [4.78, 5) is 0. The van der Waals surface area contributed by atoms with Crippen LogP contribution in [0, 0.1) is 11.6 Å². The first-order valence-electron chi connectivity index (χ1n) is 6.48. The Morgan fingerprint density at radius 1 is 1.42 bits per heavy atom. The molecular formula is C14H19F2NOS. The van der Waals surface area contributed by atoms with Crippen LogP contribution in [0.25, 0.3) is 0 Å². The lowest BCUT2D eigenvalue weighted by Crippen LogP contribution is -2.35. The van der Waals surface area contributed by atoms with Crippen LogP contribution in [0.1, 0.15) is 31.4 Å². The van der Waals surface area contributed by atoms with Gasteiger partial charge >= 0.3 is 0 Å². The van der Waals surface area contributed by atoms with E-state index in [9.17, 15) is 13.9 Å². The van der Waals surface area contributed by atoms with Crippen LogP contribution in [-0.4, -0.2) is 28.7 Å². The first-order chi connectivity index (χ1) is 9.02. The van der Waals surface area contributed by atoms with Gasteiger partial charge in [0.25, 0.3) is 0 Å². The van der Waals surface area contributed by atoms with Crippen molar-refractivity contribution in [2.24, 2.45) is 0 Å². The molecule has 0 saturated carbocycles. The minimum atomic E-state index is -1.16. The third-order valence-electron chi connectivity index (χ3n) is 3.47. The van der Waals surface area contributed by atoms with Gasteiger partial charge in [0, 0.05) is 17.8 Å². The molecule has 1 aliphatic rings. The Morgan fingerprint density at radius 2 is 2.11 bits per heavy atom. The van der Waals surface area contributed by atoms with E-state index in [0.717, 1.165) is 30.9 Å². The van der Waals surface area contributed by atoms with E-state index >= 15 is 0 Å². The maximum Gasteiger partial charge on any atom is 0.131 e. The average Bonchev–Trinajstić information content (AvgIpc) is 2.76. The number of rotatable bonds is 5. The van der Waals surface area contributed by atoms with E-state index in [2.05, 4.69) is 12.2 Å². The maximum atomic E-state index is 13.5. The zero-order valence-corrected chi connectivity index (χ0v) is 11.8. The molecule has 0 aliphatic carbocycles. The van der Waals surface area contributed by atoms with Crippen LogP contribution in [0.4, 0.5) is 8.78 Å². The van der Waals surface area contributed by atoms with Gasteiger partial charge in [-0.15, -0.1) is 0 Å². The molecule has 0 aromatic heterocycles. The lowest BCUT2D eigenvalue weighted by Gasteiger charge is -2.24. The second-order valence-electron chi connectivity index (χ2n) is 5.18. The zero-order valence-electron chi connectivity index (χ0n) is 11.0. The highest BCUT2D eigenvalue weighted by atomic mass is 32.2. The highest BCUT2D eigenvalue weighted by molar-refractivity contribution is 8.00. The zero-order chi connectivity index (χ0) is 13.9. The van der Waals surface area contributed by atoms with Crippen LogP contribution in [0.15, 0.2) is 18.2 Å². The molecule has 1 aliphatic heterocycles. The number of nitrogens with one attached hydrogen (secondary N) is 1. The van der Waals surface area contributed by atoms with Gasteiger partial charge in [0.15, 0.2) is 0 Å². The van der Waals surface area contributed by atoms with E-state index in [1.165, 1.54) is 12.5 Å². The topological polar surface area (TPSA) is 32.3 Å². The Labute approximate surface area is 116 Å². The second-order valence-corrected chi connectivity index (χ2v) is 6.87. The Morgan fingerprint density at radius 3 is 2.68 bits per heavy atom. The summed E-state index contributed by atoms with van der Waals surface area (Å²) in [6.45, 7) is 3.08. The Balaban J connectivity index is 1.89. The first kappa shape index (κ1) is 14.8. The second kappa shape index (κ2) is 6.20. The van der Waals surface area contributed by atoms with Crippen LogP contribution < -0.4 is 5.32 Å². The molecule has 19 heavy (non-hydrogen) atoms. The Bertz CT molecular complexity index is 415. The third-order valence-corrected chi connectivity index (χ3v) is 5.01. The van der Waals surface area contributed by atoms with Gasteiger partial charge in [0.1, 0.15) is 11.6 Å². The summed E-state index contributed by atoms with van der Waals surface area (Å²) in [6.07, 6.45) is 1.18. The molecule has 1 aromatic carbocycles. The van der Waals surface area contributed by atoms with Crippen LogP contribution in [-0.2, 0) is 0 Å². The molecule has 0 amide bonds. The molecule has 2 unspecified atom stereocenters. The van der Waals surface area contributed by atoms with Gasteiger partial charge in [-0.3, -0.25) is 0 Å². The normalized spacial score (nSPS) is 24.6. The van der Waals surface area contributed by atoms with E-state index in [-0.39, 0.29) is 16.9 Å². The van der Waals surface area contributed by atoms with E-state index in [0.29, 0.717) is 0 Å². The van der Waals surface area contributed by atoms with Crippen molar-refractivity contribution >= 4 is 11.8 Å². The van der Waals surface area contributed by atoms with Crippen molar-refractivity contribution < 1.29 is 13.9 Å². The molecule has 1 saturated heterocycles. The fourth-order valence-corrected chi connectivity index (χ4v) is 3.65. The minimum absolute atomic E-state index is 0.161. The minimum Gasteiger partial charge on any atom is -0.387 e. The smallest absolute Gasteiger partial charge is 0.131 e. The molecule has 0 radical (unpaired) electrons. The number of hydrogen-bond acceptors (Lipinski definition) is 3. The highest BCUT2D eigenvalue weighted by Gasteiger charge is 2.29. The van der Waals surface area contributed by atoms with Gasteiger partial charge in [0.2, 0.25) is 0 Å². The van der Waals surface area contributed by atoms with Crippen LogP contribution in [0.5, 0.6) is 0 Å². The largest absolute Gasteiger partial charge is 0.387 e. The van der Waals surface area contributed by atoms with Gasteiger partial charge in [-0.25, -0.2) is 8.78 Å². The first-order valence-corrected chi connectivity index (χ1v) is 7.47. The monoisotopic (exact) mass is 287 g/mol. The number of hydrogen-bond donors (Lipinski definition) is 2. The van der Waals surface area contributed by atoms with Crippen molar-refractivity contribution in [1.29, 1.82) is 0 Å². The van der Waals surface area contributed by atoms with E-state index in [1.54, 1.807) is 0 Å². The summed E-state index contributed by atoms with van der Waals surface area (Å²) < 4.78 is 27.1. The SMILES string of the molecule is CC1(CNCC(O)c2c(F)cccc2F)CCCS1. The Kier molecular flexibility index (Phi) is 4.81. The lowest BCUT2D eigenvalue weighted by molar-refractivity contribution is 0.164. The number of aliphatic hydroxyl groups excluding tert-OH is 1. The predicted octanol–water partition coefficient (Wildman–Crippen LogP) is 2.87. The summed E-state index contributed by atoms with van der Waals surface area (Å²) in [5.74, 6) is -0.241. The number of thioether (sulfide) groups is 1. The molecule has 1 aromatic rings. The molecule has 1 fully saturated rings. The molecule has 5 heteroatoms. The fraction of sp³-hybridized carbons (Fsp3) is 0.571. The van der Waals surface area contributed by atoms with Crippen LogP contribution in [0.3, 0.4) is 0 Å². The molecule has 106 valence electrons. The molecule has 1 heterocycles. The average molecular weight is 287 g/mol. The van der Waals surface area contributed by atoms with Gasteiger partial charge in [0.05, 0.1) is 11.7 Å². The van der Waals surface area contributed by atoms with Crippen LogP contribution >= 0.6 is 11.8 Å². The number of halogens is 2. The third kappa shape index (κ3) is 3.68. The summed E-state index contributed by atoms with van der Waals surface area (Å²) in [7, 11) is 0. The van der Waals surface area contributed by atoms with Crippen LogP contribution in [0.2, 0.25) is 0 Å². The number of aliphatic hydroxyl groups is 1.